The van der Waals surface area contributed by atoms with Crippen molar-refractivity contribution in [3.05, 3.63) is 69.2 Å². The van der Waals surface area contributed by atoms with Crippen molar-refractivity contribution < 1.29 is 24.2 Å². The molecule has 0 saturated heterocycles. The van der Waals surface area contributed by atoms with Crippen LogP contribution in [0.25, 0.3) is 5.57 Å². The highest BCUT2D eigenvalue weighted by Gasteiger charge is 2.28. The summed E-state index contributed by atoms with van der Waals surface area (Å²) in [4.78, 5) is 36.6. The van der Waals surface area contributed by atoms with Crippen LogP contribution in [0.5, 0.6) is 5.75 Å². The smallest absolute Gasteiger partial charge is 0.341 e. The van der Waals surface area contributed by atoms with Gasteiger partial charge in [-0.2, -0.15) is 0 Å². The minimum absolute atomic E-state index is 0.0382. The highest BCUT2D eigenvalue weighted by Crippen LogP contribution is 2.38. The molecule has 6 heteroatoms. The number of allylic oxidation sites excluding steroid dienone is 2. The molecule has 0 unspecified atom stereocenters. The molecule has 3 rings (SSSR count). The molecule has 5 nitrogen and oxygen atoms in total. The number of phenols is 1. The summed E-state index contributed by atoms with van der Waals surface area (Å²) in [7, 11) is 1.20. The first-order valence-corrected chi connectivity index (χ1v) is 7.75. The highest BCUT2D eigenvalue weighted by molar-refractivity contribution is 9.10. The Labute approximate surface area is 145 Å². The molecule has 0 fully saturated rings. The van der Waals surface area contributed by atoms with Gasteiger partial charge in [0.05, 0.1) is 11.6 Å². The maximum atomic E-state index is 12.7. The van der Waals surface area contributed by atoms with Gasteiger partial charge < -0.3 is 9.84 Å². The molecule has 0 amide bonds. The van der Waals surface area contributed by atoms with Crippen molar-refractivity contribution in [1.82, 2.24) is 0 Å². The van der Waals surface area contributed by atoms with Gasteiger partial charge in [0.15, 0.2) is 11.6 Å². The van der Waals surface area contributed by atoms with Crippen molar-refractivity contribution in [3.63, 3.8) is 0 Å². The molecule has 2 aromatic rings. The van der Waals surface area contributed by atoms with Crippen molar-refractivity contribution in [2.75, 3.05) is 7.11 Å². The second-order valence-corrected chi connectivity index (χ2v) is 5.90. The molecule has 1 aliphatic carbocycles. The summed E-state index contributed by atoms with van der Waals surface area (Å²) in [5.74, 6) is -1.66. The number of rotatable bonds is 2. The summed E-state index contributed by atoms with van der Waals surface area (Å²) in [5, 5.41) is 10.2. The molecule has 0 aliphatic heterocycles. The van der Waals surface area contributed by atoms with Crippen molar-refractivity contribution in [2.24, 2.45) is 0 Å². The minimum atomic E-state index is -0.704. The van der Waals surface area contributed by atoms with Crippen LogP contribution in [0.4, 0.5) is 0 Å². The Morgan fingerprint density at radius 3 is 2.38 bits per heavy atom. The first kappa shape index (κ1) is 16.1. The van der Waals surface area contributed by atoms with Crippen LogP contribution in [0, 0.1) is 0 Å². The van der Waals surface area contributed by atoms with Crippen LogP contribution >= 0.6 is 15.9 Å². The van der Waals surface area contributed by atoms with Gasteiger partial charge in [0.1, 0.15) is 11.3 Å². The number of fused-ring (bicyclic) bond motifs is 1. The number of carbonyl (C=O) groups is 3. The maximum Gasteiger partial charge on any atom is 0.341 e. The van der Waals surface area contributed by atoms with Gasteiger partial charge in [0.2, 0.25) is 0 Å². The lowest BCUT2D eigenvalue weighted by molar-refractivity contribution is 0.0597. The van der Waals surface area contributed by atoms with Gasteiger partial charge >= 0.3 is 5.97 Å². The molecule has 120 valence electrons. The molecule has 0 aromatic heterocycles. The van der Waals surface area contributed by atoms with E-state index in [1.54, 1.807) is 24.3 Å². The lowest BCUT2D eigenvalue weighted by Crippen LogP contribution is -2.16. The molecule has 0 atom stereocenters. The molecule has 0 saturated carbocycles. The average Bonchev–Trinajstić information content (AvgIpc) is 2.60. The number of hydrogen-bond acceptors (Lipinski definition) is 5. The zero-order valence-corrected chi connectivity index (χ0v) is 14.1. The first-order valence-electron chi connectivity index (χ1n) is 6.95. The third-order valence-electron chi connectivity index (χ3n) is 3.77. The van der Waals surface area contributed by atoms with E-state index >= 15 is 0 Å². The quantitative estimate of drug-likeness (QED) is 0.799. The van der Waals surface area contributed by atoms with Crippen LogP contribution in [0.3, 0.4) is 0 Å². The predicted octanol–water partition coefficient (Wildman–Crippen LogP) is 3.40. The molecule has 0 radical (unpaired) electrons. The lowest BCUT2D eigenvalue weighted by Gasteiger charge is -2.17. The number of Topliss-reactive ketones (excluding diaryl/α,β-unsaturated/α-hetero) is 1. The van der Waals surface area contributed by atoms with E-state index < -0.39 is 5.97 Å². The zero-order valence-electron chi connectivity index (χ0n) is 12.5. The van der Waals surface area contributed by atoms with E-state index in [4.69, 9.17) is 0 Å². The van der Waals surface area contributed by atoms with Gasteiger partial charge in [0.25, 0.3) is 0 Å². The van der Waals surface area contributed by atoms with Gasteiger partial charge in [-0.1, -0.05) is 30.3 Å². The standard InChI is InChI=1S/C18H11BrO5/c1-24-18(23)12-7-6-10(15(19)17(12)22)13-8-14(20)9-4-2-3-5-11(9)16(13)21/h2-8,22H,1H3. The SMILES string of the molecule is COC(=O)c1ccc(C2=CC(=O)c3ccccc3C2=O)c(Br)c1O. The van der Waals surface area contributed by atoms with Gasteiger partial charge in [0, 0.05) is 22.3 Å². The molecule has 0 heterocycles. The van der Waals surface area contributed by atoms with Crippen molar-refractivity contribution in [3.8, 4) is 5.75 Å². The Kier molecular flexibility index (Phi) is 4.07. The predicted molar refractivity (Wildman–Crippen MR) is 90.2 cm³/mol. The largest absolute Gasteiger partial charge is 0.506 e. The number of esters is 1. The van der Waals surface area contributed by atoms with E-state index in [-0.39, 0.29) is 32.9 Å². The lowest BCUT2D eigenvalue weighted by atomic mass is 9.86. The van der Waals surface area contributed by atoms with E-state index in [0.29, 0.717) is 16.7 Å². The average molecular weight is 387 g/mol. The summed E-state index contributed by atoms with van der Waals surface area (Å²) in [6.07, 6.45) is 1.24. The van der Waals surface area contributed by atoms with Crippen LogP contribution in [0.15, 0.2) is 46.9 Å². The highest BCUT2D eigenvalue weighted by atomic mass is 79.9. The molecular formula is C18H11BrO5. The third-order valence-corrected chi connectivity index (χ3v) is 4.57. The fraction of sp³-hybridized carbons (Fsp3) is 0.0556. The number of benzene rings is 2. The number of halogens is 1. The Morgan fingerprint density at radius 1 is 1.04 bits per heavy atom. The Morgan fingerprint density at radius 2 is 1.71 bits per heavy atom. The van der Waals surface area contributed by atoms with Gasteiger partial charge in [-0.05, 0) is 28.1 Å². The Bertz CT molecular complexity index is 927. The van der Waals surface area contributed by atoms with E-state index in [1.165, 1.54) is 25.3 Å². The molecule has 1 aliphatic rings. The zero-order chi connectivity index (χ0) is 17.4. The maximum absolute atomic E-state index is 12.7. The third kappa shape index (κ3) is 2.45. The van der Waals surface area contributed by atoms with Crippen LogP contribution < -0.4 is 0 Å². The molecule has 2 aromatic carbocycles. The number of aromatic hydroxyl groups is 1. The van der Waals surface area contributed by atoms with Crippen molar-refractivity contribution >= 4 is 39.0 Å². The summed E-state index contributed by atoms with van der Waals surface area (Å²) in [5.41, 5.74) is 1.09. The Hall–Kier alpha value is -2.73. The fourth-order valence-electron chi connectivity index (χ4n) is 2.56. The number of ketones is 2. The topological polar surface area (TPSA) is 80.7 Å². The number of phenolic OH excluding ortho intramolecular Hbond substituents is 1. The second kappa shape index (κ2) is 6.05. The first-order chi connectivity index (χ1) is 11.5. The monoisotopic (exact) mass is 386 g/mol. The van der Waals surface area contributed by atoms with Crippen molar-refractivity contribution in [2.45, 2.75) is 0 Å². The fourth-order valence-corrected chi connectivity index (χ4v) is 3.12. The molecule has 1 N–H and O–H groups in total. The van der Waals surface area contributed by atoms with Crippen LogP contribution in [-0.2, 0) is 4.74 Å². The minimum Gasteiger partial charge on any atom is -0.506 e. The summed E-state index contributed by atoms with van der Waals surface area (Å²) in [6.45, 7) is 0. The summed E-state index contributed by atoms with van der Waals surface area (Å²) >= 11 is 3.19. The number of ether oxygens (including phenoxy) is 1. The number of carbonyl (C=O) groups excluding carboxylic acids is 3. The van der Waals surface area contributed by atoms with Gasteiger partial charge in [-0.3, -0.25) is 9.59 Å². The molecule has 0 spiro atoms. The summed E-state index contributed by atoms with van der Waals surface area (Å²) in [6, 6.07) is 9.38. The van der Waals surface area contributed by atoms with Crippen LogP contribution in [-0.4, -0.2) is 29.8 Å². The van der Waals surface area contributed by atoms with Gasteiger partial charge in [-0.15, -0.1) is 0 Å². The summed E-state index contributed by atoms with van der Waals surface area (Å²) < 4.78 is 4.74. The van der Waals surface area contributed by atoms with E-state index in [2.05, 4.69) is 20.7 Å². The second-order valence-electron chi connectivity index (χ2n) is 5.11. The van der Waals surface area contributed by atoms with E-state index in [9.17, 15) is 19.5 Å². The number of methoxy groups -OCH3 is 1. The molecule has 0 bridgehead atoms. The molecular weight excluding hydrogens is 376 g/mol. The normalized spacial score (nSPS) is 13.3. The van der Waals surface area contributed by atoms with Crippen molar-refractivity contribution in [1.29, 1.82) is 0 Å². The van der Waals surface area contributed by atoms with E-state index in [1.807, 2.05) is 0 Å². The number of hydrogen-bond donors (Lipinski definition) is 1. The Balaban J connectivity index is 2.14. The van der Waals surface area contributed by atoms with Crippen LogP contribution in [0.1, 0.15) is 36.6 Å². The van der Waals surface area contributed by atoms with E-state index in [0.717, 1.165) is 0 Å². The van der Waals surface area contributed by atoms with Crippen LogP contribution in [0.2, 0.25) is 0 Å². The molecule has 24 heavy (non-hydrogen) atoms. The van der Waals surface area contributed by atoms with Gasteiger partial charge in [-0.25, -0.2) is 4.79 Å².